The van der Waals surface area contributed by atoms with E-state index in [1.165, 1.54) is 11.3 Å². The molecule has 0 aromatic carbocycles. The Bertz CT molecular complexity index is 440. The van der Waals surface area contributed by atoms with Gasteiger partial charge in [-0.1, -0.05) is 6.07 Å². The summed E-state index contributed by atoms with van der Waals surface area (Å²) in [6, 6.07) is 3.45. The molecular formula is C11H18N2O2S2. The Kier molecular flexibility index (Phi) is 4.19. The molecule has 0 saturated carbocycles. The number of sulfonamides is 1. The van der Waals surface area contributed by atoms with E-state index in [9.17, 15) is 8.42 Å². The zero-order chi connectivity index (χ0) is 12.3. The quantitative estimate of drug-likeness (QED) is 0.905. The molecule has 2 N–H and O–H groups in total. The number of hydrogen-bond donors (Lipinski definition) is 1. The predicted molar refractivity (Wildman–Crippen MR) is 69.5 cm³/mol. The van der Waals surface area contributed by atoms with E-state index < -0.39 is 10.0 Å². The number of hydrogen-bond acceptors (Lipinski definition) is 4. The molecule has 0 bridgehead atoms. The van der Waals surface area contributed by atoms with Crippen molar-refractivity contribution >= 4 is 21.4 Å². The van der Waals surface area contributed by atoms with Crippen molar-refractivity contribution in [3.8, 4) is 0 Å². The summed E-state index contributed by atoms with van der Waals surface area (Å²) in [4.78, 5) is 0. The molecule has 0 radical (unpaired) electrons. The maximum absolute atomic E-state index is 12.3. The lowest BCUT2D eigenvalue weighted by Gasteiger charge is -2.31. The van der Waals surface area contributed by atoms with E-state index in [2.05, 4.69) is 0 Å². The number of nitrogens with two attached hydrogens (primary N) is 1. The molecule has 0 aliphatic carbocycles. The summed E-state index contributed by atoms with van der Waals surface area (Å²) >= 11 is 1.28. The molecule has 0 amide bonds. The summed E-state index contributed by atoms with van der Waals surface area (Å²) in [7, 11) is -3.26. The zero-order valence-corrected chi connectivity index (χ0v) is 11.3. The van der Waals surface area contributed by atoms with Gasteiger partial charge in [-0.3, -0.25) is 0 Å². The van der Waals surface area contributed by atoms with Crippen LogP contribution in [0.1, 0.15) is 19.3 Å². The number of piperidine rings is 1. The minimum absolute atomic E-state index is 0.420. The third-order valence-electron chi connectivity index (χ3n) is 3.15. The van der Waals surface area contributed by atoms with E-state index in [4.69, 9.17) is 5.73 Å². The van der Waals surface area contributed by atoms with E-state index >= 15 is 0 Å². The van der Waals surface area contributed by atoms with Gasteiger partial charge in [0.15, 0.2) is 0 Å². The maximum atomic E-state index is 12.3. The Morgan fingerprint density at radius 1 is 1.53 bits per heavy atom. The fourth-order valence-corrected chi connectivity index (χ4v) is 4.95. The highest BCUT2D eigenvalue weighted by Gasteiger charge is 2.30. The molecule has 1 atom stereocenters. The van der Waals surface area contributed by atoms with E-state index in [0.29, 0.717) is 29.8 Å². The monoisotopic (exact) mass is 274 g/mol. The first-order valence-electron chi connectivity index (χ1n) is 5.88. The van der Waals surface area contributed by atoms with Gasteiger partial charge in [-0.25, -0.2) is 8.42 Å². The van der Waals surface area contributed by atoms with Crippen LogP contribution in [-0.2, 0) is 10.0 Å². The second-order valence-corrected chi connectivity index (χ2v) is 7.49. The molecule has 1 aromatic heterocycles. The first-order valence-corrected chi connectivity index (χ1v) is 8.20. The van der Waals surface area contributed by atoms with Gasteiger partial charge in [-0.2, -0.15) is 4.31 Å². The SMILES string of the molecule is NCCC1CCCN(S(=O)(=O)c2cccs2)C1. The van der Waals surface area contributed by atoms with Crippen LogP contribution in [0.3, 0.4) is 0 Å². The van der Waals surface area contributed by atoms with Crippen LogP contribution in [0.15, 0.2) is 21.7 Å². The summed E-state index contributed by atoms with van der Waals surface area (Å²) in [5, 5.41) is 1.80. The molecule has 1 aliphatic rings. The van der Waals surface area contributed by atoms with Crippen molar-refractivity contribution in [2.24, 2.45) is 11.7 Å². The molecule has 1 aliphatic heterocycles. The van der Waals surface area contributed by atoms with Crippen molar-refractivity contribution in [3.05, 3.63) is 17.5 Å². The van der Waals surface area contributed by atoms with Crippen LogP contribution in [0.5, 0.6) is 0 Å². The third kappa shape index (κ3) is 2.88. The molecule has 1 unspecified atom stereocenters. The van der Waals surface area contributed by atoms with Crippen molar-refractivity contribution in [3.63, 3.8) is 0 Å². The Balaban J connectivity index is 2.12. The standard InChI is InChI=1S/C11H18N2O2S2/c12-6-5-10-3-1-7-13(9-10)17(14,15)11-4-2-8-16-11/h2,4,8,10H,1,3,5-7,9,12H2. The van der Waals surface area contributed by atoms with Crippen LogP contribution in [0.4, 0.5) is 0 Å². The molecule has 4 nitrogen and oxygen atoms in total. The fraction of sp³-hybridized carbons (Fsp3) is 0.636. The zero-order valence-electron chi connectivity index (χ0n) is 9.71. The highest BCUT2D eigenvalue weighted by Crippen LogP contribution is 2.27. The largest absolute Gasteiger partial charge is 0.330 e. The van der Waals surface area contributed by atoms with Gasteiger partial charge in [0.05, 0.1) is 0 Å². The summed E-state index contributed by atoms with van der Waals surface area (Å²) < 4.78 is 26.7. The van der Waals surface area contributed by atoms with Crippen molar-refractivity contribution in [2.75, 3.05) is 19.6 Å². The van der Waals surface area contributed by atoms with E-state index in [1.54, 1.807) is 21.8 Å². The van der Waals surface area contributed by atoms with Gasteiger partial charge in [0.2, 0.25) is 0 Å². The highest BCUT2D eigenvalue weighted by atomic mass is 32.2. The lowest BCUT2D eigenvalue weighted by atomic mass is 9.96. The van der Waals surface area contributed by atoms with Gasteiger partial charge in [0.1, 0.15) is 4.21 Å². The van der Waals surface area contributed by atoms with Crippen molar-refractivity contribution in [2.45, 2.75) is 23.5 Å². The first-order chi connectivity index (χ1) is 8.14. The van der Waals surface area contributed by atoms with E-state index in [-0.39, 0.29) is 0 Å². The Morgan fingerprint density at radius 2 is 2.35 bits per heavy atom. The molecule has 96 valence electrons. The molecule has 1 aromatic rings. The van der Waals surface area contributed by atoms with Gasteiger partial charge < -0.3 is 5.73 Å². The second-order valence-electron chi connectivity index (χ2n) is 4.38. The normalized spacial score (nSPS) is 22.8. The Labute approximate surface area is 106 Å². The summed E-state index contributed by atoms with van der Waals surface area (Å²) in [5.41, 5.74) is 5.54. The second kappa shape index (κ2) is 5.48. The van der Waals surface area contributed by atoms with Crippen LogP contribution in [0, 0.1) is 5.92 Å². The first kappa shape index (κ1) is 13.0. The maximum Gasteiger partial charge on any atom is 0.252 e. The lowest BCUT2D eigenvalue weighted by Crippen LogP contribution is -2.40. The average molecular weight is 274 g/mol. The van der Waals surface area contributed by atoms with Crippen LogP contribution < -0.4 is 5.73 Å². The number of nitrogens with zero attached hydrogens (tertiary/aromatic N) is 1. The van der Waals surface area contributed by atoms with Crippen molar-refractivity contribution in [1.82, 2.24) is 4.31 Å². The highest BCUT2D eigenvalue weighted by molar-refractivity contribution is 7.91. The van der Waals surface area contributed by atoms with E-state index in [1.807, 2.05) is 0 Å². The number of thiophene rings is 1. The molecular weight excluding hydrogens is 256 g/mol. The van der Waals surface area contributed by atoms with Crippen molar-refractivity contribution < 1.29 is 8.42 Å². The average Bonchev–Trinajstić information content (AvgIpc) is 2.84. The fourth-order valence-electron chi connectivity index (χ4n) is 2.25. The van der Waals surface area contributed by atoms with Crippen molar-refractivity contribution in [1.29, 1.82) is 0 Å². The molecule has 2 rings (SSSR count). The lowest BCUT2D eigenvalue weighted by molar-refractivity contribution is 0.258. The minimum atomic E-state index is -3.26. The summed E-state index contributed by atoms with van der Waals surface area (Å²) in [6.45, 7) is 1.90. The topological polar surface area (TPSA) is 63.4 Å². The molecule has 6 heteroatoms. The minimum Gasteiger partial charge on any atom is -0.330 e. The Hall–Kier alpha value is -0.430. The van der Waals surface area contributed by atoms with Crippen LogP contribution in [0.25, 0.3) is 0 Å². The van der Waals surface area contributed by atoms with Crippen LogP contribution in [0.2, 0.25) is 0 Å². The smallest absolute Gasteiger partial charge is 0.252 e. The van der Waals surface area contributed by atoms with Gasteiger partial charge >= 0.3 is 0 Å². The van der Waals surface area contributed by atoms with E-state index in [0.717, 1.165) is 19.3 Å². The van der Waals surface area contributed by atoms with Gasteiger partial charge in [-0.15, -0.1) is 11.3 Å². The molecule has 17 heavy (non-hydrogen) atoms. The van der Waals surface area contributed by atoms with Gasteiger partial charge in [0.25, 0.3) is 10.0 Å². The predicted octanol–water partition coefficient (Wildman–Crippen LogP) is 1.50. The van der Waals surface area contributed by atoms with Crippen LogP contribution in [-0.4, -0.2) is 32.4 Å². The summed E-state index contributed by atoms with van der Waals surface area (Å²) in [6.07, 6.45) is 2.94. The molecule has 2 heterocycles. The third-order valence-corrected chi connectivity index (χ3v) is 6.38. The number of rotatable bonds is 4. The van der Waals surface area contributed by atoms with Gasteiger partial charge in [0, 0.05) is 13.1 Å². The molecule has 1 fully saturated rings. The van der Waals surface area contributed by atoms with Crippen LogP contribution >= 0.6 is 11.3 Å². The molecule has 1 saturated heterocycles. The Morgan fingerprint density at radius 3 is 3.00 bits per heavy atom. The van der Waals surface area contributed by atoms with Gasteiger partial charge in [-0.05, 0) is 43.2 Å². The molecule has 0 spiro atoms. The summed E-state index contributed by atoms with van der Waals surface area (Å²) in [5.74, 6) is 0.420.